The zero-order chi connectivity index (χ0) is 14.5. The monoisotopic (exact) mass is 258 g/mol. The molecule has 0 aromatic carbocycles. The third kappa shape index (κ3) is 4.94. The van der Waals surface area contributed by atoms with Crippen LogP contribution in [0, 0.1) is 17.3 Å². The average Bonchev–Trinajstić information content (AvgIpc) is 2.32. The lowest BCUT2D eigenvalue weighted by molar-refractivity contribution is -0.124. The van der Waals surface area contributed by atoms with E-state index < -0.39 is 12.1 Å². The maximum absolute atomic E-state index is 11.9. The number of aliphatic hydroxyl groups is 1. The van der Waals surface area contributed by atoms with Crippen molar-refractivity contribution in [2.24, 2.45) is 23.0 Å². The van der Waals surface area contributed by atoms with Gasteiger partial charge in [0.25, 0.3) is 0 Å². The van der Waals surface area contributed by atoms with Gasteiger partial charge in [-0.25, -0.2) is 0 Å². The number of hydrogen-bond acceptors (Lipinski definition) is 3. The first-order valence-electron chi connectivity index (χ1n) is 6.84. The van der Waals surface area contributed by atoms with Crippen LogP contribution in [0.2, 0.25) is 0 Å². The summed E-state index contributed by atoms with van der Waals surface area (Å²) >= 11 is 0. The van der Waals surface area contributed by atoms with Crippen LogP contribution in [0.5, 0.6) is 0 Å². The topological polar surface area (TPSA) is 75.4 Å². The van der Waals surface area contributed by atoms with E-state index in [2.05, 4.69) is 5.32 Å². The molecule has 0 spiro atoms. The summed E-state index contributed by atoms with van der Waals surface area (Å²) in [6.45, 7) is 12.3. The minimum Gasteiger partial charge on any atom is -0.392 e. The highest BCUT2D eigenvalue weighted by Crippen LogP contribution is 2.25. The Morgan fingerprint density at radius 2 is 1.83 bits per heavy atom. The molecule has 0 aliphatic rings. The minimum absolute atomic E-state index is 0.131. The third-order valence-electron chi connectivity index (χ3n) is 3.71. The van der Waals surface area contributed by atoms with E-state index in [-0.39, 0.29) is 23.2 Å². The SMILES string of the molecule is CCC(C)C(N)C(=O)NCC(C)(C)C(O)C(C)C. The first-order valence-corrected chi connectivity index (χ1v) is 6.84. The lowest BCUT2D eigenvalue weighted by Crippen LogP contribution is -2.50. The van der Waals surface area contributed by atoms with E-state index >= 15 is 0 Å². The normalized spacial score (nSPS) is 17.4. The maximum atomic E-state index is 11.9. The van der Waals surface area contributed by atoms with Crippen LogP contribution >= 0.6 is 0 Å². The van der Waals surface area contributed by atoms with Gasteiger partial charge >= 0.3 is 0 Å². The number of nitrogens with two attached hydrogens (primary N) is 1. The first-order chi connectivity index (χ1) is 8.13. The number of aliphatic hydroxyl groups excluding tert-OH is 1. The molecule has 0 fully saturated rings. The van der Waals surface area contributed by atoms with Crippen molar-refractivity contribution in [3.63, 3.8) is 0 Å². The van der Waals surface area contributed by atoms with E-state index in [1.165, 1.54) is 0 Å². The molecule has 0 radical (unpaired) electrons. The fourth-order valence-electron chi connectivity index (χ4n) is 1.95. The van der Waals surface area contributed by atoms with Gasteiger partial charge in [-0.15, -0.1) is 0 Å². The average molecular weight is 258 g/mol. The Labute approximate surface area is 111 Å². The molecule has 0 rings (SSSR count). The Morgan fingerprint density at radius 1 is 1.33 bits per heavy atom. The maximum Gasteiger partial charge on any atom is 0.237 e. The Balaban J connectivity index is 4.36. The molecule has 1 amide bonds. The summed E-state index contributed by atoms with van der Waals surface area (Å²) in [7, 11) is 0. The zero-order valence-corrected chi connectivity index (χ0v) is 12.7. The van der Waals surface area contributed by atoms with E-state index in [1.807, 2.05) is 41.5 Å². The van der Waals surface area contributed by atoms with Crippen molar-refractivity contribution in [2.45, 2.75) is 60.1 Å². The number of carbonyl (C=O) groups excluding carboxylic acids is 1. The van der Waals surface area contributed by atoms with Gasteiger partial charge in [0.2, 0.25) is 5.91 Å². The highest BCUT2D eigenvalue weighted by Gasteiger charge is 2.31. The van der Waals surface area contributed by atoms with Gasteiger partial charge < -0.3 is 16.2 Å². The Hall–Kier alpha value is -0.610. The molecule has 0 saturated carbocycles. The molecular formula is C14H30N2O2. The predicted octanol–water partition coefficient (Wildman–Crippen LogP) is 1.52. The summed E-state index contributed by atoms with van der Waals surface area (Å²) in [5.41, 5.74) is 5.51. The van der Waals surface area contributed by atoms with E-state index in [4.69, 9.17) is 5.73 Å². The van der Waals surface area contributed by atoms with Gasteiger partial charge in [-0.1, -0.05) is 48.0 Å². The number of rotatable bonds is 7. The molecular weight excluding hydrogens is 228 g/mol. The van der Waals surface area contributed by atoms with Crippen LogP contribution < -0.4 is 11.1 Å². The van der Waals surface area contributed by atoms with Gasteiger partial charge in [0.1, 0.15) is 0 Å². The second kappa shape index (κ2) is 7.10. The smallest absolute Gasteiger partial charge is 0.237 e. The summed E-state index contributed by atoms with van der Waals surface area (Å²) in [6.07, 6.45) is 0.435. The van der Waals surface area contributed by atoms with Gasteiger partial charge in [-0.05, 0) is 11.8 Å². The van der Waals surface area contributed by atoms with Crippen molar-refractivity contribution in [2.75, 3.05) is 6.54 Å². The van der Waals surface area contributed by atoms with E-state index in [9.17, 15) is 9.90 Å². The molecule has 0 aromatic rings. The summed E-state index contributed by atoms with van der Waals surface area (Å²) in [4.78, 5) is 11.9. The van der Waals surface area contributed by atoms with Crippen molar-refractivity contribution in [3.8, 4) is 0 Å². The Bertz CT molecular complexity index is 265. The van der Waals surface area contributed by atoms with E-state index in [0.717, 1.165) is 6.42 Å². The Kier molecular flexibility index (Phi) is 6.86. The summed E-state index contributed by atoms with van der Waals surface area (Å²) in [6, 6.07) is -0.470. The molecule has 4 nitrogen and oxygen atoms in total. The van der Waals surface area contributed by atoms with Crippen LogP contribution in [0.3, 0.4) is 0 Å². The second-order valence-electron chi connectivity index (χ2n) is 6.31. The number of hydrogen-bond donors (Lipinski definition) is 3. The first kappa shape index (κ1) is 17.4. The zero-order valence-electron chi connectivity index (χ0n) is 12.7. The molecule has 0 aliphatic carbocycles. The minimum atomic E-state index is -0.470. The van der Waals surface area contributed by atoms with Crippen LogP contribution in [0.4, 0.5) is 0 Å². The number of amides is 1. The lowest BCUT2D eigenvalue weighted by Gasteiger charge is -2.33. The van der Waals surface area contributed by atoms with Crippen molar-refractivity contribution >= 4 is 5.91 Å². The van der Waals surface area contributed by atoms with Crippen molar-refractivity contribution in [1.82, 2.24) is 5.32 Å². The van der Waals surface area contributed by atoms with Gasteiger partial charge in [0, 0.05) is 12.0 Å². The summed E-state index contributed by atoms with van der Waals surface area (Å²) in [5, 5.41) is 12.9. The summed E-state index contributed by atoms with van der Waals surface area (Å²) in [5.74, 6) is 0.205. The standard InChI is InChI=1S/C14H30N2O2/c1-7-10(4)11(15)13(18)16-8-14(5,6)12(17)9(2)3/h9-12,17H,7-8,15H2,1-6H3,(H,16,18). The third-order valence-corrected chi connectivity index (χ3v) is 3.71. The van der Waals surface area contributed by atoms with Gasteiger partial charge in [0.15, 0.2) is 0 Å². The molecule has 18 heavy (non-hydrogen) atoms. The number of nitrogens with one attached hydrogen (secondary N) is 1. The van der Waals surface area contributed by atoms with Crippen LogP contribution in [0.25, 0.3) is 0 Å². The molecule has 0 heterocycles. The lowest BCUT2D eigenvalue weighted by atomic mass is 9.80. The molecule has 0 aromatic heterocycles. The van der Waals surface area contributed by atoms with Gasteiger partial charge in [-0.3, -0.25) is 4.79 Å². The van der Waals surface area contributed by atoms with Crippen LogP contribution in [0.1, 0.15) is 48.0 Å². The van der Waals surface area contributed by atoms with E-state index in [0.29, 0.717) is 6.54 Å². The molecule has 0 saturated heterocycles. The van der Waals surface area contributed by atoms with Gasteiger partial charge in [0.05, 0.1) is 12.1 Å². The molecule has 4 heteroatoms. The fourth-order valence-corrected chi connectivity index (χ4v) is 1.95. The van der Waals surface area contributed by atoms with Crippen molar-refractivity contribution in [3.05, 3.63) is 0 Å². The predicted molar refractivity (Wildman–Crippen MR) is 75.1 cm³/mol. The molecule has 3 unspecified atom stereocenters. The second-order valence-corrected chi connectivity index (χ2v) is 6.31. The Morgan fingerprint density at radius 3 is 2.22 bits per heavy atom. The fraction of sp³-hybridized carbons (Fsp3) is 0.929. The highest BCUT2D eigenvalue weighted by atomic mass is 16.3. The van der Waals surface area contributed by atoms with Crippen molar-refractivity contribution in [1.29, 1.82) is 0 Å². The quantitative estimate of drug-likeness (QED) is 0.648. The summed E-state index contributed by atoms with van der Waals surface area (Å²) < 4.78 is 0. The van der Waals surface area contributed by atoms with Crippen LogP contribution in [-0.2, 0) is 4.79 Å². The van der Waals surface area contributed by atoms with Crippen LogP contribution in [0.15, 0.2) is 0 Å². The molecule has 0 bridgehead atoms. The van der Waals surface area contributed by atoms with Gasteiger partial charge in [-0.2, -0.15) is 0 Å². The van der Waals surface area contributed by atoms with Crippen molar-refractivity contribution < 1.29 is 9.90 Å². The molecule has 0 aliphatic heterocycles. The largest absolute Gasteiger partial charge is 0.392 e. The van der Waals surface area contributed by atoms with E-state index in [1.54, 1.807) is 0 Å². The number of carbonyl (C=O) groups is 1. The van der Waals surface area contributed by atoms with Crippen LogP contribution in [-0.4, -0.2) is 29.7 Å². The molecule has 4 N–H and O–H groups in total. The highest BCUT2D eigenvalue weighted by molar-refractivity contribution is 5.81. The molecule has 108 valence electrons. The molecule has 3 atom stereocenters.